The van der Waals surface area contributed by atoms with Gasteiger partial charge in [0.2, 0.25) is 0 Å². The first-order chi connectivity index (χ1) is 6.33. The largest absolute Gasteiger partial charge is 0.314 e. The van der Waals surface area contributed by atoms with Gasteiger partial charge in [0, 0.05) is 12.5 Å². The molecule has 1 saturated heterocycles. The normalized spacial score (nSPS) is 20.0. The van der Waals surface area contributed by atoms with Crippen LogP contribution in [-0.4, -0.2) is 37.6 Å². The van der Waals surface area contributed by atoms with Crippen molar-refractivity contribution in [2.75, 3.05) is 26.7 Å². The number of piperidine rings is 1. The Morgan fingerprint density at radius 1 is 1.46 bits per heavy atom. The van der Waals surface area contributed by atoms with Crippen LogP contribution in [0.1, 0.15) is 25.7 Å². The van der Waals surface area contributed by atoms with Crippen molar-refractivity contribution in [2.24, 2.45) is 0 Å². The molecule has 0 aromatic rings. The predicted molar refractivity (Wildman–Crippen MR) is 53.4 cm³/mol. The lowest BCUT2D eigenvalue weighted by Gasteiger charge is -2.29. The molecule has 0 bridgehead atoms. The molecule has 0 atom stereocenters. The Balaban J connectivity index is 2.00. The molecule has 1 aliphatic rings. The van der Waals surface area contributed by atoms with Crippen LogP contribution in [-0.2, 0) is 0 Å². The fourth-order valence-electron chi connectivity index (χ4n) is 1.69. The highest BCUT2D eigenvalue weighted by Crippen LogP contribution is 2.07. The van der Waals surface area contributed by atoms with Crippen molar-refractivity contribution in [1.29, 1.82) is 5.26 Å². The Labute approximate surface area is 80.7 Å². The van der Waals surface area contributed by atoms with Gasteiger partial charge in [0.1, 0.15) is 0 Å². The lowest BCUT2D eigenvalue weighted by atomic mass is 10.1. The van der Waals surface area contributed by atoms with E-state index in [1.165, 1.54) is 25.9 Å². The van der Waals surface area contributed by atoms with Crippen LogP contribution in [0.3, 0.4) is 0 Å². The summed E-state index contributed by atoms with van der Waals surface area (Å²) in [6.07, 6.45) is 4.18. The molecule has 1 fully saturated rings. The average molecular weight is 181 g/mol. The van der Waals surface area contributed by atoms with Crippen LogP contribution >= 0.6 is 0 Å². The molecular formula is C10H19N3. The van der Waals surface area contributed by atoms with E-state index >= 15 is 0 Å². The van der Waals surface area contributed by atoms with E-state index in [2.05, 4.69) is 23.3 Å². The summed E-state index contributed by atoms with van der Waals surface area (Å²) in [5, 5.41) is 11.9. The average Bonchev–Trinajstić information content (AvgIpc) is 2.15. The minimum absolute atomic E-state index is 0.680. The van der Waals surface area contributed by atoms with Gasteiger partial charge >= 0.3 is 0 Å². The van der Waals surface area contributed by atoms with Gasteiger partial charge in [-0.3, -0.25) is 0 Å². The number of unbranched alkanes of at least 4 members (excludes halogenated alkanes) is 1. The highest BCUT2D eigenvalue weighted by Gasteiger charge is 2.14. The second-order valence-electron chi connectivity index (χ2n) is 3.79. The maximum atomic E-state index is 8.35. The SMILES string of the molecule is CN1CCC(NCCCC#N)CC1. The molecule has 1 rings (SSSR count). The lowest BCUT2D eigenvalue weighted by Crippen LogP contribution is -2.41. The summed E-state index contributed by atoms with van der Waals surface area (Å²) in [5.74, 6) is 0. The molecule has 0 amide bonds. The number of rotatable bonds is 4. The number of hydrogen-bond donors (Lipinski definition) is 1. The number of nitrogens with one attached hydrogen (secondary N) is 1. The van der Waals surface area contributed by atoms with Crippen molar-refractivity contribution in [3.8, 4) is 6.07 Å². The fourth-order valence-corrected chi connectivity index (χ4v) is 1.69. The summed E-state index contributed by atoms with van der Waals surface area (Å²) in [4.78, 5) is 2.37. The van der Waals surface area contributed by atoms with Crippen molar-refractivity contribution < 1.29 is 0 Å². The van der Waals surface area contributed by atoms with Crippen LogP contribution in [0.2, 0.25) is 0 Å². The zero-order valence-corrected chi connectivity index (χ0v) is 8.42. The van der Waals surface area contributed by atoms with Gasteiger partial charge in [-0.15, -0.1) is 0 Å². The smallest absolute Gasteiger partial charge is 0.0622 e. The van der Waals surface area contributed by atoms with E-state index in [1.54, 1.807) is 0 Å². The first-order valence-corrected chi connectivity index (χ1v) is 5.12. The number of nitriles is 1. The third kappa shape index (κ3) is 4.25. The summed E-state index contributed by atoms with van der Waals surface area (Å²) in [6.45, 7) is 3.41. The van der Waals surface area contributed by atoms with E-state index in [4.69, 9.17) is 5.26 Å². The summed E-state index contributed by atoms with van der Waals surface area (Å²) in [7, 11) is 2.17. The third-order valence-corrected chi connectivity index (χ3v) is 2.62. The van der Waals surface area contributed by atoms with Gasteiger partial charge in [-0.25, -0.2) is 0 Å². The molecule has 3 nitrogen and oxygen atoms in total. The highest BCUT2D eigenvalue weighted by atomic mass is 15.1. The predicted octanol–water partition coefficient (Wildman–Crippen LogP) is 0.974. The second-order valence-corrected chi connectivity index (χ2v) is 3.79. The van der Waals surface area contributed by atoms with Crippen LogP contribution < -0.4 is 5.32 Å². The molecular weight excluding hydrogens is 162 g/mol. The summed E-state index contributed by atoms with van der Waals surface area (Å²) in [5.41, 5.74) is 0. The first kappa shape index (κ1) is 10.5. The topological polar surface area (TPSA) is 39.1 Å². The van der Waals surface area contributed by atoms with Crippen LogP contribution in [0.15, 0.2) is 0 Å². The van der Waals surface area contributed by atoms with Gasteiger partial charge in [-0.1, -0.05) is 0 Å². The molecule has 74 valence electrons. The molecule has 0 aliphatic carbocycles. The Morgan fingerprint density at radius 2 is 2.15 bits per heavy atom. The molecule has 0 unspecified atom stereocenters. The summed E-state index contributed by atoms with van der Waals surface area (Å²) >= 11 is 0. The van der Waals surface area contributed by atoms with Crippen LogP contribution in [0.4, 0.5) is 0 Å². The molecule has 0 spiro atoms. The highest BCUT2D eigenvalue weighted by molar-refractivity contribution is 4.76. The van der Waals surface area contributed by atoms with Gasteiger partial charge in [0.25, 0.3) is 0 Å². The molecule has 0 radical (unpaired) electrons. The molecule has 0 aromatic carbocycles. The molecule has 0 aromatic heterocycles. The van der Waals surface area contributed by atoms with Crippen LogP contribution in [0.25, 0.3) is 0 Å². The number of nitrogens with zero attached hydrogens (tertiary/aromatic N) is 2. The fraction of sp³-hybridized carbons (Fsp3) is 0.900. The monoisotopic (exact) mass is 181 g/mol. The van der Waals surface area contributed by atoms with Crippen LogP contribution in [0.5, 0.6) is 0 Å². The first-order valence-electron chi connectivity index (χ1n) is 5.12. The maximum absolute atomic E-state index is 8.35. The molecule has 3 heteroatoms. The quantitative estimate of drug-likeness (QED) is 0.657. The Morgan fingerprint density at radius 3 is 2.77 bits per heavy atom. The molecule has 1 aliphatic heterocycles. The number of hydrogen-bond acceptors (Lipinski definition) is 3. The number of likely N-dealkylation sites (tertiary alicyclic amines) is 1. The van der Waals surface area contributed by atoms with Crippen molar-refractivity contribution in [2.45, 2.75) is 31.7 Å². The van der Waals surface area contributed by atoms with E-state index in [0.717, 1.165) is 13.0 Å². The molecule has 13 heavy (non-hydrogen) atoms. The van der Waals surface area contributed by atoms with Crippen molar-refractivity contribution >= 4 is 0 Å². The summed E-state index contributed by atoms with van der Waals surface area (Å²) < 4.78 is 0. The molecule has 1 heterocycles. The van der Waals surface area contributed by atoms with Gasteiger partial charge < -0.3 is 10.2 Å². The third-order valence-electron chi connectivity index (χ3n) is 2.62. The van der Waals surface area contributed by atoms with Crippen molar-refractivity contribution in [3.63, 3.8) is 0 Å². The van der Waals surface area contributed by atoms with Gasteiger partial charge in [0.15, 0.2) is 0 Å². The molecule has 1 N–H and O–H groups in total. The van der Waals surface area contributed by atoms with Gasteiger partial charge in [0.05, 0.1) is 6.07 Å². The minimum Gasteiger partial charge on any atom is -0.314 e. The van der Waals surface area contributed by atoms with Crippen LogP contribution in [0, 0.1) is 11.3 Å². The van der Waals surface area contributed by atoms with E-state index in [1.807, 2.05) is 0 Å². The summed E-state index contributed by atoms with van der Waals surface area (Å²) in [6, 6.07) is 2.85. The lowest BCUT2D eigenvalue weighted by molar-refractivity contribution is 0.235. The zero-order valence-electron chi connectivity index (χ0n) is 8.42. The Bertz CT molecular complexity index is 165. The standard InChI is InChI=1S/C10H19N3/c1-13-8-4-10(5-9-13)12-7-3-2-6-11/h10,12H,2-5,7-9H2,1H3. The van der Waals surface area contributed by atoms with Crippen molar-refractivity contribution in [1.82, 2.24) is 10.2 Å². The second kappa shape index (κ2) is 5.95. The van der Waals surface area contributed by atoms with E-state index in [0.29, 0.717) is 12.5 Å². The van der Waals surface area contributed by atoms with E-state index in [9.17, 15) is 0 Å². The minimum atomic E-state index is 0.680. The zero-order chi connectivity index (χ0) is 9.52. The Kier molecular flexibility index (Phi) is 4.81. The van der Waals surface area contributed by atoms with Gasteiger partial charge in [-0.2, -0.15) is 5.26 Å². The van der Waals surface area contributed by atoms with Gasteiger partial charge in [-0.05, 0) is 45.9 Å². The maximum Gasteiger partial charge on any atom is 0.0622 e. The Hall–Kier alpha value is -0.590. The van der Waals surface area contributed by atoms with E-state index in [-0.39, 0.29) is 0 Å². The van der Waals surface area contributed by atoms with Crippen molar-refractivity contribution in [3.05, 3.63) is 0 Å². The molecule has 0 saturated carbocycles. The van der Waals surface area contributed by atoms with E-state index < -0.39 is 0 Å².